The number of nitrogens with zero attached hydrogens (tertiary/aromatic N) is 1. The maximum absolute atomic E-state index is 14.4. The standard InChI is InChI=1S/C10H10F8NO2P/c1-3-5-19(6-4-2)22(17,18)20-7(9(11,12)13)8(21-22)10(14,15)16/h3-4H,1-2,5-6H2. The second-order valence-electron chi connectivity index (χ2n) is 4.01. The van der Waals surface area contributed by atoms with Crippen molar-refractivity contribution in [1.29, 1.82) is 0 Å². The van der Waals surface area contributed by atoms with Gasteiger partial charge in [0.05, 0.1) is 0 Å². The van der Waals surface area contributed by atoms with Crippen LogP contribution >= 0.6 is 7.83 Å². The van der Waals surface area contributed by atoms with Gasteiger partial charge < -0.3 is 0 Å². The molecule has 0 radical (unpaired) electrons. The Morgan fingerprint density at radius 2 is 1.18 bits per heavy atom. The van der Waals surface area contributed by atoms with E-state index < -0.39 is 44.8 Å². The number of hydrogen-bond acceptors (Lipinski definition) is 3. The van der Waals surface area contributed by atoms with Gasteiger partial charge in [0, 0.05) is 0 Å². The van der Waals surface area contributed by atoms with Gasteiger partial charge in [-0.1, -0.05) is 0 Å². The van der Waals surface area contributed by atoms with Crippen molar-refractivity contribution >= 4 is 7.83 Å². The van der Waals surface area contributed by atoms with Crippen LogP contribution in [-0.2, 0) is 9.05 Å². The molecule has 0 atom stereocenters. The molecular formula is C10H10F8NO2P. The van der Waals surface area contributed by atoms with E-state index in [4.69, 9.17) is 0 Å². The van der Waals surface area contributed by atoms with Gasteiger partial charge in [0.2, 0.25) is 0 Å². The van der Waals surface area contributed by atoms with E-state index in [1.165, 1.54) is 0 Å². The number of halogens is 8. The molecule has 0 aliphatic carbocycles. The van der Waals surface area contributed by atoms with Crippen LogP contribution < -0.4 is 0 Å². The van der Waals surface area contributed by atoms with Crippen LogP contribution in [0.5, 0.6) is 0 Å². The summed E-state index contributed by atoms with van der Waals surface area (Å²) in [7, 11) is -7.42. The number of hydrogen-bond donors (Lipinski definition) is 0. The number of allylic oxidation sites excluding steroid dienone is 2. The Bertz CT molecular complexity index is 470. The molecule has 0 saturated heterocycles. The molecule has 0 unspecified atom stereocenters. The van der Waals surface area contributed by atoms with Gasteiger partial charge in [-0.05, 0) is 0 Å². The zero-order chi connectivity index (χ0) is 17.4. The second-order valence-corrected chi connectivity index (χ2v) is 6.40. The van der Waals surface area contributed by atoms with Gasteiger partial charge >= 0.3 is 119 Å². The van der Waals surface area contributed by atoms with E-state index in [-0.39, 0.29) is 4.67 Å². The van der Waals surface area contributed by atoms with Gasteiger partial charge in [-0.15, -0.1) is 0 Å². The Morgan fingerprint density at radius 3 is 1.41 bits per heavy atom. The van der Waals surface area contributed by atoms with Crippen molar-refractivity contribution in [3.63, 3.8) is 0 Å². The Morgan fingerprint density at radius 1 is 0.864 bits per heavy atom. The monoisotopic (exact) mass is 359 g/mol. The van der Waals surface area contributed by atoms with E-state index in [9.17, 15) is 34.7 Å². The van der Waals surface area contributed by atoms with Crippen molar-refractivity contribution in [1.82, 2.24) is 4.67 Å². The van der Waals surface area contributed by atoms with Crippen LogP contribution in [0.4, 0.5) is 34.7 Å². The van der Waals surface area contributed by atoms with Crippen LogP contribution in [0.3, 0.4) is 0 Å². The van der Waals surface area contributed by atoms with Gasteiger partial charge in [0.15, 0.2) is 0 Å². The molecule has 0 amide bonds. The van der Waals surface area contributed by atoms with Crippen molar-refractivity contribution < 1.29 is 43.8 Å². The van der Waals surface area contributed by atoms with Crippen LogP contribution in [0.15, 0.2) is 36.8 Å². The molecule has 12 heteroatoms. The van der Waals surface area contributed by atoms with Gasteiger partial charge in [-0.2, -0.15) is 0 Å². The third kappa shape index (κ3) is 3.52. The van der Waals surface area contributed by atoms with E-state index >= 15 is 0 Å². The van der Waals surface area contributed by atoms with E-state index in [1.54, 1.807) is 0 Å². The number of rotatable bonds is 5. The average Bonchev–Trinajstić information content (AvgIpc) is 2.63. The molecule has 1 heterocycles. The van der Waals surface area contributed by atoms with Crippen LogP contribution in [0.25, 0.3) is 0 Å². The fraction of sp³-hybridized carbons (Fsp3) is 0.400. The van der Waals surface area contributed by atoms with E-state index in [0.717, 1.165) is 12.2 Å². The molecule has 1 rings (SSSR count). The predicted octanol–water partition coefficient (Wildman–Crippen LogP) is 5.11. The normalized spacial score (nSPS) is 22.5. The molecule has 0 aromatic heterocycles. The van der Waals surface area contributed by atoms with Gasteiger partial charge in [-0.3, -0.25) is 0 Å². The fourth-order valence-electron chi connectivity index (χ4n) is 1.50. The molecule has 3 nitrogen and oxygen atoms in total. The van der Waals surface area contributed by atoms with Crippen molar-refractivity contribution in [3.05, 3.63) is 36.8 Å². The molecule has 0 N–H and O–H groups in total. The summed E-state index contributed by atoms with van der Waals surface area (Å²) >= 11 is 0. The van der Waals surface area contributed by atoms with E-state index in [0.29, 0.717) is 0 Å². The Hall–Kier alpha value is -1.35. The molecule has 0 aromatic carbocycles. The summed E-state index contributed by atoms with van der Waals surface area (Å²) in [5.41, 5.74) is 0. The summed E-state index contributed by atoms with van der Waals surface area (Å²) in [5, 5.41) is 0. The van der Waals surface area contributed by atoms with E-state index in [1.807, 2.05) is 0 Å². The number of alkyl halides is 6. The molecule has 1 aliphatic rings. The first-order valence-electron chi connectivity index (χ1n) is 5.46. The molecule has 1 aliphatic heterocycles. The van der Waals surface area contributed by atoms with Crippen molar-refractivity contribution in [2.24, 2.45) is 0 Å². The quantitative estimate of drug-likeness (QED) is 0.387. The molecule has 0 aromatic rings. The van der Waals surface area contributed by atoms with Crippen LogP contribution in [0.1, 0.15) is 0 Å². The second kappa shape index (κ2) is 5.38. The SMILES string of the molecule is C=CCN(CC=C)P1(F)(F)OC(C(F)(F)F)=C(C(F)(F)F)O1. The third-order valence-electron chi connectivity index (χ3n) is 2.32. The van der Waals surface area contributed by atoms with Crippen molar-refractivity contribution in [2.75, 3.05) is 13.1 Å². The maximum atomic E-state index is 14.4. The fourth-order valence-corrected chi connectivity index (χ4v) is 3.48. The first-order chi connectivity index (χ1) is 9.74. The molecule has 128 valence electrons. The average molecular weight is 359 g/mol. The third-order valence-corrected chi connectivity index (χ3v) is 4.49. The zero-order valence-electron chi connectivity index (χ0n) is 10.7. The molecule has 0 fully saturated rings. The summed E-state index contributed by atoms with van der Waals surface area (Å²) in [6.45, 7) is 4.65. The summed E-state index contributed by atoms with van der Waals surface area (Å²) in [6.07, 6.45) is -9.89. The molecular weight excluding hydrogens is 349 g/mol. The predicted molar refractivity (Wildman–Crippen MR) is 62.4 cm³/mol. The Balaban J connectivity index is 3.37. The first kappa shape index (κ1) is 18.7. The van der Waals surface area contributed by atoms with Crippen LogP contribution in [0.2, 0.25) is 0 Å². The summed E-state index contributed by atoms with van der Waals surface area (Å²) < 4.78 is 111. The summed E-state index contributed by atoms with van der Waals surface area (Å²) in [4.78, 5) is 0. The Labute approximate surface area is 119 Å². The molecule has 0 saturated carbocycles. The molecule has 22 heavy (non-hydrogen) atoms. The van der Waals surface area contributed by atoms with Crippen LogP contribution in [-0.4, -0.2) is 30.1 Å². The zero-order valence-corrected chi connectivity index (χ0v) is 11.6. The molecule has 0 spiro atoms. The Kier molecular flexibility index (Phi) is 4.57. The van der Waals surface area contributed by atoms with Crippen molar-refractivity contribution in [2.45, 2.75) is 12.4 Å². The van der Waals surface area contributed by atoms with Gasteiger partial charge in [-0.25, -0.2) is 0 Å². The van der Waals surface area contributed by atoms with Gasteiger partial charge in [0.1, 0.15) is 0 Å². The first-order valence-corrected chi connectivity index (χ1v) is 7.27. The van der Waals surface area contributed by atoms with Crippen LogP contribution in [0, 0.1) is 0 Å². The minimum atomic E-state index is -7.42. The van der Waals surface area contributed by atoms with E-state index in [2.05, 4.69) is 22.2 Å². The molecule has 0 bridgehead atoms. The summed E-state index contributed by atoms with van der Waals surface area (Å²) in [5.74, 6) is -5.80. The van der Waals surface area contributed by atoms with Crippen molar-refractivity contribution in [3.8, 4) is 0 Å². The topological polar surface area (TPSA) is 21.7 Å². The van der Waals surface area contributed by atoms with Gasteiger partial charge in [0.25, 0.3) is 0 Å². The summed E-state index contributed by atoms with van der Waals surface area (Å²) in [6, 6.07) is 0. The minimum absolute atomic E-state index is 0.101.